The molecule has 1 N–H and O–H groups in total. The molecule has 0 heterocycles. The zero-order valence-corrected chi connectivity index (χ0v) is 8.55. The molecule has 1 atom stereocenters. The molecular weight excluding hydrogens is 152 g/mol. The van der Waals surface area contributed by atoms with Crippen molar-refractivity contribution in [2.75, 3.05) is 19.6 Å². The minimum Gasteiger partial charge on any atom is -0.355 e. The van der Waals surface area contributed by atoms with Gasteiger partial charge in [-0.3, -0.25) is 9.69 Å². The van der Waals surface area contributed by atoms with Gasteiger partial charge in [0.2, 0.25) is 5.91 Å². The Morgan fingerprint density at radius 1 is 1.33 bits per heavy atom. The molecule has 1 amide bonds. The summed E-state index contributed by atoms with van der Waals surface area (Å²) in [5.41, 5.74) is 0. The van der Waals surface area contributed by atoms with E-state index < -0.39 is 0 Å². The molecule has 0 aliphatic heterocycles. The van der Waals surface area contributed by atoms with Crippen LogP contribution in [0.25, 0.3) is 0 Å². The van der Waals surface area contributed by atoms with Crippen molar-refractivity contribution in [1.29, 1.82) is 0 Å². The van der Waals surface area contributed by atoms with Crippen molar-refractivity contribution in [3.8, 4) is 0 Å². The molecule has 0 saturated heterocycles. The first kappa shape index (κ1) is 11.4. The Balaban J connectivity index is 3.96. The van der Waals surface area contributed by atoms with Gasteiger partial charge in [-0.15, -0.1) is 0 Å². The van der Waals surface area contributed by atoms with Crippen LogP contribution in [0.4, 0.5) is 0 Å². The van der Waals surface area contributed by atoms with Crippen LogP contribution in [0.15, 0.2) is 0 Å². The maximum Gasteiger partial charge on any atom is 0.237 e. The minimum absolute atomic E-state index is 0.0000463. The zero-order chi connectivity index (χ0) is 9.56. The van der Waals surface area contributed by atoms with Crippen LogP contribution >= 0.6 is 0 Å². The van der Waals surface area contributed by atoms with E-state index in [4.69, 9.17) is 0 Å². The standard InChI is InChI=1S/C9H20N2O/c1-5-10-9(12)8(4)11(6-2)7-3/h8H,5-7H2,1-4H3,(H,10,12). The van der Waals surface area contributed by atoms with Gasteiger partial charge in [-0.05, 0) is 26.9 Å². The van der Waals surface area contributed by atoms with E-state index in [1.165, 1.54) is 0 Å². The quantitative estimate of drug-likeness (QED) is 0.667. The average Bonchev–Trinajstić information content (AvgIpc) is 2.07. The van der Waals surface area contributed by atoms with Crippen molar-refractivity contribution in [1.82, 2.24) is 10.2 Å². The molecule has 0 aromatic carbocycles. The molecule has 72 valence electrons. The molecule has 0 rings (SSSR count). The van der Waals surface area contributed by atoms with Crippen LogP contribution in [-0.2, 0) is 4.79 Å². The van der Waals surface area contributed by atoms with E-state index >= 15 is 0 Å². The van der Waals surface area contributed by atoms with E-state index in [0.717, 1.165) is 13.1 Å². The third-order valence-corrected chi connectivity index (χ3v) is 2.09. The van der Waals surface area contributed by atoms with Gasteiger partial charge < -0.3 is 5.32 Å². The Morgan fingerprint density at radius 2 is 1.83 bits per heavy atom. The lowest BCUT2D eigenvalue weighted by Crippen LogP contribution is -2.44. The summed E-state index contributed by atoms with van der Waals surface area (Å²) in [7, 11) is 0. The maximum absolute atomic E-state index is 11.3. The molecule has 0 aromatic heterocycles. The Hall–Kier alpha value is -0.570. The van der Waals surface area contributed by atoms with Gasteiger partial charge in [-0.1, -0.05) is 13.8 Å². The van der Waals surface area contributed by atoms with E-state index in [1.54, 1.807) is 0 Å². The van der Waals surface area contributed by atoms with Gasteiger partial charge in [0.1, 0.15) is 0 Å². The number of hydrogen-bond donors (Lipinski definition) is 1. The molecule has 0 aliphatic carbocycles. The van der Waals surface area contributed by atoms with Crippen LogP contribution in [0.2, 0.25) is 0 Å². The first-order valence-electron chi connectivity index (χ1n) is 4.69. The van der Waals surface area contributed by atoms with E-state index in [2.05, 4.69) is 24.1 Å². The van der Waals surface area contributed by atoms with E-state index in [1.807, 2.05) is 13.8 Å². The van der Waals surface area contributed by atoms with Crippen LogP contribution < -0.4 is 5.32 Å². The van der Waals surface area contributed by atoms with Crippen molar-refractivity contribution < 1.29 is 4.79 Å². The smallest absolute Gasteiger partial charge is 0.237 e. The molecule has 1 unspecified atom stereocenters. The number of likely N-dealkylation sites (N-methyl/N-ethyl adjacent to an activating group) is 2. The van der Waals surface area contributed by atoms with Gasteiger partial charge in [-0.25, -0.2) is 0 Å². The number of nitrogens with one attached hydrogen (secondary N) is 1. The number of nitrogens with zero attached hydrogens (tertiary/aromatic N) is 1. The molecule has 0 bridgehead atoms. The summed E-state index contributed by atoms with van der Waals surface area (Å²) in [4.78, 5) is 13.5. The second kappa shape index (κ2) is 6.00. The molecule has 0 radical (unpaired) electrons. The summed E-state index contributed by atoms with van der Waals surface area (Å²) in [6, 6.07) is -0.0000463. The van der Waals surface area contributed by atoms with Crippen LogP contribution in [-0.4, -0.2) is 36.5 Å². The Bertz CT molecular complexity index is 132. The van der Waals surface area contributed by atoms with Gasteiger partial charge >= 0.3 is 0 Å². The maximum atomic E-state index is 11.3. The number of rotatable bonds is 5. The minimum atomic E-state index is -0.0000463. The SMILES string of the molecule is CCNC(=O)C(C)N(CC)CC. The van der Waals surface area contributed by atoms with Crippen LogP contribution in [0.5, 0.6) is 0 Å². The summed E-state index contributed by atoms with van der Waals surface area (Å²) in [6.07, 6.45) is 0. The van der Waals surface area contributed by atoms with Gasteiger partial charge in [0, 0.05) is 6.54 Å². The van der Waals surface area contributed by atoms with Crippen molar-refractivity contribution in [3.05, 3.63) is 0 Å². The highest BCUT2D eigenvalue weighted by molar-refractivity contribution is 5.81. The summed E-state index contributed by atoms with van der Waals surface area (Å²) < 4.78 is 0. The lowest BCUT2D eigenvalue weighted by atomic mass is 10.2. The van der Waals surface area contributed by atoms with Crippen LogP contribution in [0.1, 0.15) is 27.7 Å². The predicted molar refractivity (Wildman–Crippen MR) is 51.1 cm³/mol. The van der Waals surface area contributed by atoms with Gasteiger partial charge in [-0.2, -0.15) is 0 Å². The molecule has 0 spiro atoms. The summed E-state index contributed by atoms with van der Waals surface area (Å²) in [5.74, 6) is 0.126. The predicted octanol–water partition coefficient (Wildman–Crippen LogP) is 0.853. The molecule has 0 fully saturated rings. The third-order valence-electron chi connectivity index (χ3n) is 2.09. The lowest BCUT2D eigenvalue weighted by Gasteiger charge is -2.24. The first-order chi connectivity index (χ1) is 5.67. The fourth-order valence-corrected chi connectivity index (χ4v) is 1.26. The van der Waals surface area contributed by atoms with Gasteiger partial charge in [0.25, 0.3) is 0 Å². The number of hydrogen-bond acceptors (Lipinski definition) is 2. The highest BCUT2D eigenvalue weighted by Crippen LogP contribution is 1.97. The van der Waals surface area contributed by atoms with Crippen molar-refractivity contribution in [2.45, 2.75) is 33.7 Å². The molecule has 0 saturated carbocycles. The number of carbonyl (C=O) groups is 1. The van der Waals surface area contributed by atoms with Crippen molar-refractivity contribution in [2.24, 2.45) is 0 Å². The van der Waals surface area contributed by atoms with Crippen molar-refractivity contribution in [3.63, 3.8) is 0 Å². The summed E-state index contributed by atoms with van der Waals surface area (Å²) >= 11 is 0. The Kier molecular flexibility index (Phi) is 5.72. The monoisotopic (exact) mass is 172 g/mol. The van der Waals surface area contributed by atoms with Crippen LogP contribution in [0, 0.1) is 0 Å². The lowest BCUT2D eigenvalue weighted by molar-refractivity contribution is -0.125. The van der Waals surface area contributed by atoms with Gasteiger partial charge in [0.05, 0.1) is 6.04 Å². The topological polar surface area (TPSA) is 32.3 Å². The summed E-state index contributed by atoms with van der Waals surface area (Å²) in [5, 5.41) is 2.81. The average molecular weight is 172 g/mol. The normalized spacial score (nSPS) is 13.1. The molecular formula is C9H20N2O. The second-order valence-corrected chi connectivity index (χ2v) is 2.79. The largest absolute Gasteiger partial charge is 0.355 e. The molecule has 0 aromatic rings. The van der Waals surface area contributed by atoms with E-state index in [9.17, 15) is 4.79 Å². The van der Waals surface area contributed by atoms with E-state index in [0.29, 0.717) is 6.54 Å². The Morgan fingerprint density at radius 3 is 2.17 bits per heavy atom. The third kappa shape index (κ3) is 3.22. The molecule has 3 heteroatoms. The highest BCUT2D eigenvalue weighted by Gasteiger charge is 2.16. The zero-order valence-electron chi connectivity index (χ0n) is 8.55. The Labute approximate surface area is 75.1 Å². The fraction of sp³-hybridized carbons (Fsp3) is 0.889. The second-order valence-electron chi connectivity index (χ2n) is 2.79. The first-order valence-corrected chi connectivity index (χ1v) is 4.69. The number of carbonyl (C=O) groups excluding carboxylic acids is 1. The van der Waals surface area contributed by atoms with E-state index in [-0.39, 0.29) is 11.9 Å². The highest BCUT2D eigenvalue weighted by atomic mass is 16.2. The molecule has 0 aliphatic rings. The van der Waals surface area contributed by atoms with Gasteiger partial charge in [0.15, 0.2) is 0 Å². The molecule has 3 nitrogen and oxygen atoms in total. The van der Waals surface area contributed by atoms with Crippen LogP contribution in [0.3, 0.4) is 0 Å². The number of amides is 1. The fourth-order valence-electron chi connectivity index (χ4n) is 1.26. The molecule has 12 heavy (non-hydrogen) atoms. The summed E-state index contributed by atoms with van der Waals surface area (Å²) in [6.45, 7) is 10.6. The van der Waals surface area contributed by atoms with Crippen molar-refractivity contribution >= 4 is 5.91 Å².